The van der Waals surface area contributed by atoms with Crippen LogP contribution in [0.15, 0.2) is 0 Å². The molecule has 0 aromatic carbocycles. The Morgan fingerprint density at radius 1 is 0.850 bits per heavy atom. The Hall–Kier alpha value is -0.670. The summed E-state index contributed by atoms with van der Waals surface area (Å²) >= 11 is 0. The van der Waals surface area contributed by atoms with E-state index >= 15 is 0 Å². The Kier molecular flexibility index (Phi) is 11.7. The standard InChI is InChI=1S/C16H30F2O2/c1-2-3-4-5-7-10-13-16(17,18)14-11-8-6-9-12-15(19)20/h2-14H2,1H3,(H,19,20). The lowest BCUT2D eigenvalue weighted by Gasteiger charge is -2.16. The van der Waals surface area contributed by atoms with Gasteiger partial charge in [-0.15, -0.1) is 0 Å². The summed E-state index contributed by atoms with van der Waals surface area (Å²) < 4.78 is 27.1. The number of aliphatic carboxylic acids is 1. The Bertz CT molecular complexity index is 243. The molecule has 0 amide bonds. The van der Waals surface area contributed by atoms with Crippen LogP contribution in [0.2, 0.25) is 0 Å². The smallest absolute Gasteiger partial charge is 0.303 e. The van der Waals surface area contributed by atoms with Crippen molar-refractivity contribution in [1.29, 1.82) is 0 Å². The first-order valence-electron chi connectivity index (χ1n) is 8.07. The predicted octanol–water partition coefficient (Wildman–Crippen LogP) is 5.80. The molecule has 0 spiro atoms. The van der Waals surface area contributed by atoms with Crippen molar-refractivity contribution in [3.05, 3.63) is 0 Å². The van der Waals surface area contributed by atoms with Crippen LogP contribution in [0.5, 0.6) is 0 Å². The molecule has 0 aliphatic carbocycles. The van der Waals surface area contributed by atoms with Gasteiger partial charge in [0, 0.05) is 19.3 Å². The van der Waals surface area contributed by atoms with Crippen molar-refractivity contribution in [1.82, 2.24) is 0 Å². The van der Waals surface area contributed by atoms with Crippen LogP contribution < -0.4 is 0 Å². The maximum absolute atomic E-state index is 13.5. The highest BCUT2D eigenvalue weighted by atomic mass is 19.3. The summed E-state index contributed by atoms with van der Waals surface area (Å²) in [6.07, 6.45) is 8.79. The van der Waals surface area contributed by atoms with E-state index in [9.17, 15) is 13.6 Å². The van der Waals surface area contributed by atoms with Gasteiger partial charge in [-0.25, -0.2) is 8.78 Å². The first-order chi connectivity index (χ1) is 9.48. The molecule has 0 aliphatic rings. The van der Waals surface area contributed by atoms with E-state index < -0.39 is 11.9 Å². The van der Waals surface area contributed by atoms with Crippen LogP contribution in [0.3, 0.4) is 0 Å². The van der Waals surface area contributed by atoms with Crippen LogP contribution >= 0.6 is 0 Å². The highest BCUT2D eigenvalue weighted by Crippen LogP contribution is 2.28. The molecule has 0 rings (SSSR count). The van der Waals surface area contributed by atoms with Gasteiger partial charge in [-0.2, -0.15) is 0 Å². The molecule has 0 fully saturated rings. The summed E-state index contributed by atoms with van der Waals surface area (Å²) in [5.41, 5.74) is 0. The van der Waals surface area contributed by atoms with Crippen molar-refractivity contribution in [2.75, 3.05) is 0 Å². The summed E-state index contributed by atoms with van der Waals surface area (Å²) in [6, 6.07) is 0. The number of carboxylic acids is 1. The van der Waals surface area contributed by atoms with E-state index in [-0.39, 0.29) is 19.3 Å². The highest BCUT2D eigenvalue weighted by Gasteiger charge is 2.26. The number of hydrogen-bond donors (Lipinski definition) is 1. The molecule has 0 aromatic rings. The molecule has 0 bridgehead atoms. The molecule has 2 nitrogen and oxygen atoms in total. The predicted molar refractivity (Wildman–Crippen MR) is 78.3 cm³/mol. The topological polar surface area (TPSA) is 37.3 Å². The Balaban J connectivity index is 3.42. The van der Waals surface area contributed by atoms with E-state index in [4.69, 9.17) is 5.11 Å². The lowest BCUT2D eigenvalue weighted by Crippen LogP contribution is -2.15. The molecular formula is C16H30F2O2. The summed E-state index contributed by atoms with van der Waals surface area (Å²) in [5.74, 6) is -3.34. The molecular weight excluding hydrogens is 262 g/mol. The molecule has 0 saturated heterocycles. The van der Waals surface area contributed by atoms with E-state index in [0.29, 0.717) is 25.7 Å². The van der Waals surface area contributed by atoms with Gasteiger partial charge in [0.15, 0.2) is 0 Å². The number of unbranched alkanes of at least 4 members (excludes halogenated alkanes) is 8. The highest BCUT2D eigenvalue weighted by molar-refractivity contribution is 5.66. The maximum Gasteiger partial charge on any atom is 0.303 e. The second kappa shape index (κ2) is 12.1. The first-order valence-corrected chi connectivity index (χ1v) is 8.07. The van der Waals surface area contributed by atoms with Crippen LogP contribution in [0.25, 0.3) is 0 Å². The minimum Gasteiger partial charge on any atom is -0.481 e. The number of carbonyl (C=O) groups is 1. The van der Waals surface area contributed by atoms with Crippen molar-refractivity contribution in [3.8, 4) is 0 Å². The van der Waals surface area contributed by atoms with Gasteiger partial charge in [0.2, 0.25) is 5.92 Å². The molecule has 1 N–H and O–H groups in total. The SMILES string of the molecule is CCCCCCCCC(F)(F)CCCCCCC(=O)O. The van der Waals surface area contributed by atoms with Crippen molar-refractivity contribution in [2.24, 2.45) is 0 Å². The van der Waals surface area contributed by atoms with Gasteiger partial charge in [-0.3, -0.25) is 4.79 Å². The number of alkyl halides is 2. The molecule has 0 heterocycles. The monoisotopic (exact) mass is 292 g/mol. The molecule has 0 aliphatic heterocycles. The second-order valence-electron chi connectivity index (χ2n) is 5.68. The lowest BCUT2D eigenvalue weighted by molar-refractivity contribution is -0.137. The van der Waals surface area contributed by atoms with Gasteiger partial charge in [-0.05, 0) is 19.3 Å². The van der Waals surface area contributed by atoms with E-state index in [2.05, 4.69) is 6.92 Å². The molecule has 0 saturated carbocycles. The zero-order valence-electron chi connectivity index (χ0n) is 12.8. The van der Waals surface area contributed by atoms with Gasteiger partial charge in [0.1, 0.15) is 0 Å². The minimum atomic E-state index is -2.53. The van der Waals surface area contributed by atoms with Crippen LogP contribution in [0.1, 0.15) is 90.4 Å². The average molecular weight is 292 g/mol. The van der Waals surface area contributed by atoms with Gasteiger partial charge in [0.25, 0.3) is 0 Å². The fourth-order valence-electron chi connectivity index (χ4n) is 2.30. The normalized spacial score (nSPS) is 11.8. The molecule has 20 heavy (non-hydrogen) atoms. The summed E-state index contributed by atoms with van der Waals surface area (Å²) in [6.45, 7) is 2.14. The average Bonchev–Trinajstić information content (AvgIpc) is 2.37. The molecule has 4 heteroatoms. The van der Waals surface area contributed by atoms with Crippen molar-refractivity contribution < 1.29 is 18.7 Å². The van der Waals surface area contributed by atoms with Crippen molar-refractivity contribution in [2.45, 2.75) is 96.3 Å². The number of carboxylic acid groups (broad SMARTS) is 1. The third kappa shape index (κ3) is 13.8. The zero-order chi connectivity index (χ0) is 15.3. The first kappa shape index (κ1) is 19.3. The van der Waals surface area contributed by atoms with E-state index in [0.717, 1.165) is 25.7 Å². The number of halogens is 2. The van der Waals surface area contributed by atoms with E-state index in [1.165, 1.54) is 12.8 Å². The fraction of sp³-hybridized carbons (Fsp3) is 0.938. The lowest BCUT2D eigenvalue weighted by atomic mass is 10.0. The van der Waals surface area contributed by atoms with E-state index in [1.807, 2.05) is 0 Å². The summed E-state index contributed by atoms with van der Waals surface area (Å²) in [7, 11) is 0. The van der Waals surface area contributed by atoms with Gasteiger partial charge in [-0.1, -0.05) is 51.9 Å². The van der Waals surface area contributed by atoms with Gasteiger partial charge in [0.05, 0.1) is 0 Å². The molecule has 0 atom stereocenters. The van der Waals surface area contributed by atoms with Gasteiger partial charge >= 0.3 is 5.97 Å². The largest absolute Gasteiger partial charge is 0.481 e. The molecule has 0 aromatic heterocycles. The van der Waals surface area contributed by atoms with Crippen molar-refractivity contribution in [3.63, 3.8) is 0 Å². The fourth-order valence-corrected chi connectivity index (χ4v) is 2.30. The summed E-state index contributed by atoms with van der Waals surface area (Å²) in [4.78, 5) is 10.3. The third-order valence-electron chi connectivity index (χ3n) is 3.58. The second-order valence-corrected chi connectivity index (χ2v) is 5.68. The third-order valence-corrected chi connectivity index (χ3v) is 3.58. The van der Waals surface area contributed by atoms with Crippen LogP contribution in [-0.2, 0) is 4.79 Å². The van der Waals surface area contributed by atoms with Gasteiger partial charge < -0.3 is 5.11 Å². The van der Waals surface area contributed by atoms with Crippen molar-refractivity contribution >= 4 is 5.97 Å². The minimum absolute atomic E-state index is 0.00819. The number of hydrogen-bond acceptors (Lipinski definition) is 1. The quantitative estimate of drug-likeness (QED) is 0.411. The Labute approximate surface area is 122 Å². The molecule has 120 valence electrons. The maximum atomic E-state index is 13.5. The summed E-state index contributed by atoms with van der Waals surface area (Å²) in [5, 5.41) is 8.45. The van der Waals surface area contributed by atoms with Crippen LogP contribution in [-0.4, -0.2) is 17.0 Å². The van der Waals surface area contributed by atoms with E-state index in [1.54, 1.807) is 0 Å². The Morgan fingerprint density at radius 2 is 1.30 bits per heavy atom. The zero-order valence-corrected chi connectivity index (χ0v) is 12.8. The van der Waals surface area contributed by atoms with Crippen LogP contribution in [0, 0.1) is 0 Å². The molecule has 0 unspecified atom stereocenters. The number of rotatable bonds is 14. The molecule has 0 radical (unpaired) electrons. The Morgan fingerprint density at radius 3 is 1.80 bits per heavy atom. The van der Waals surface area contributed by atoms with Crippen LogP contribution in [0.4, 0.5) is 8.78 Å².